The van der Waals surface area contributed by atoms with Crippen LogP contribution in [0.4, 0.5) is 5.69 Å². The van der Waals surface area contributed by atoms with E-state index < -0.39 is 15.3 Å². The molecular weight excluding hydrogens is 706 g/mol. The number of fused-ring (bicyclic) bond motifs is 4. The van der Waals surface area contributed by atoms with Gasteiger partial charge in [0.05, 0.1) is 35.2 Å². The first-order chi connectivity index (χ1) is 25.4. The number of ether oxygens (including phenoxy) is 3. The molecule has 5 aliphatic rings. The van der Waals surface area contributed by atoms with Crippen LogP contribution in [0.15, 0.2) is 48.6 Å². The lowest BCUT2D eigenvalue weighted by Gasteiger charge is -2.48. The predicted molar refractivity (Wildman–Crippen MR) is 216 cm³/mol. The number of morpholine rings is 1. The van der Waals surface area contributed by atoms with Crippen LogP contribution >= 0.6 is 11.6 Å². The first-order valence-electron chi connectivity index (χ1n) is 19.5. The Labute approximate surface area is 322 Å². The van der Waals surface area contributed by atoms with Crippen molar-refractivity contribution in [2.75, 3.05) is 58.0 Å². The molecule has 1 amide bonds. The second-order valence-corrected chi connectivity index (χ2v) is 19.1. The first-order valence-corrected chi connectivity index (χ1v) is 21.6. The average Bonchev–Trinajstić information content (AvgIpc) is 3.28. The number of nitrogens with one attached hydrogen (secondary N) is 1. The van der Waals surface area contributed by atoms with E-state index in [0.717, 1.165) is 94.4 Å². The highest BCUT2D eigenvalue weighted by molar-refractivity contribution is 7.99. The smallest absolute Gasteiger partial charge is 0.262 e. The molecule has 2 aromatic carbocycles. The maximum Gasteiger partial charge on any atom is 0.262 e. The Morgan fingerprint density at radius 1 is 1.17 bits per heavy atom. The van der Waals surface area contributed by atoms with Gasteiger partial charge in [0.1, 0.15) is 11.4 Å². The predicted octanol–water partition coefficient (Wildman–Crippen LogP) is 6.68. The van der Waals surface area contributed by atoms with E-state index in [-0.39, 0.29) is 28.4 Å². The van der Waals surface area contributed by atoms with Crippen LogP contribution in [0.25, 0.3) is 0 Å². The molecule has 1 spiro atoms. The number of allylic oxidation sites excluding steroid dienone is 1. The molecule has 286 valence electrons. The average molecular weight is 762 g/mol. The van der Waals surface area contributed by atoms with Crippen molar-refractivity contribution in [3.05, 3.63) is 70.3 Å². The summed E-state index contributed by atoms with van der Waals surface area (Å²) >= 11 is 6.51. The Hall–Kier alpha value is -3.00. The lowest BCUT2D eigenvalue weighted by molar-refractivity contribution is -0.0351. The zero-order chi connectivity index (χ0) is 37.4. The lowest BCUT2D eigenvalue weighted by atomic mass is 9.64. The molecule has 2 aliphatic carbocycles. The summed E-state index contributed by atoms with van der Waals surface area (Å²) in [5.74, 6) is 12.1. The van der Waals surface area contributed by atoms with E-state index in [9.17, 15) is 9.00 Å². The summed E-state index contributed by atoms with van der Waals surface area (Å²) in [5.41, 5.74) is 2.90. The summed E-state index contributed by atoms with van der Waals surface area (Å²) in [4.78, 5) is 18.7. The molecule has 10 heteroatoms. The van der Waals surface area contributed by atoms with E-state index in [0.29, 0.717) is 30.6 Å². The molecule has 3 heterocycles. The van der Waals surface area contributed by atoms with Crippen molar-refractivity contribution < 1.29 is 23.2 Å². The molecule has 3 aliphatic heterocycles. The minimum Gasteiger partial charge on any atom is -0.490 e. The van der Waals surface area contributed by atoms with Gasteiger partial charge in [0.25, 0.3) is 5.91 Å². The molecule has 1 unspecified atom stereocenters. The lowest BCUT2D eigenvalue weighted by Crippen LogP contribution is -2.52. The summed E-state index contributed by atoms with van der Waals surface area (Å²) in [6, 6.07) is 12.3. The van der Waals surface area contributed by atoms with Crippen LogP contribution in [-0.2, 0) is 31.0 Å². The Balaban J connectivity index is 1.28. The number of anilines is 1. The van der Waals surface area contributed by atoms with Crippen molar-refractivity contribution in [3.8, 4) is 17.6 Å². The van der Waals surface area contributed by atoms with Gasteiger partial charge >= 0.3 is 0 Å². The van der Waals surface area contributed by atoms with Gasteiger partial charge < -0.3 is 19.1 Å². The number of carbonyl (C=O) groups excluding carboxylic acids is 1. The molecule has 8 atom stereocenters. The normalized spacial score (nSPS) is 35.3. The number of amides is 1. The molecule has 1 N–H and O–H groups in total. The molecule has 1 saturated heterocycles. The Morgan fingerprint density at radius 3 is 2.79 bits per heavy atom. The number of aryl methyl sites for hydroxylation is 1. The van der Waals surface area contributed by atoms with Gasteiger partial charge in [-0.25, -0.2) is 4.21 Å². The highest BCUT2D eigenvalue weighted by Gasteiger charge is 2.48. The maximum absolute atomic E-state index is 14.0. The largest absolute Gasteiger partial charge is 0.490 e. The molecule has 2 aromatic rings. The van der Waals surface area contributed by atoms with E-state index in [1.54, 1.807) is 13.2 Å². The summed E-state index contributed by atoms with van der Waals surface area (Å²) in [7, 11) is -1.18. The van der Waals surface area contributed by atoms with Gasteiger partial charge in [0, 0.05) is 72.9 Å². The van der Waals surface area contributed by atoms with Gasteiger partial charge in [-0.15, -0.1) is 0 Å². The number of halogens is 1. The summed E-state index contributed by atoms with van der Waals surface area (Å²) in [5, 5.41) is 0.395. The van der Waals surface area contributed by atoms with Crippen LogP contribution in [-0.4, -0.2) is 90.9 Å². The summed E-state index contributed by atoms with van der Waals surface area (Å²) in [6.07, 6.45) is 10.8. The first kappa shape index (κ1) is 38.3. The van der Waals surface area contributed by atoms with Gasteiger partial charge in [-0.1, -0.05) is 42.5 Å². The van der Waals surface area contributed by atoms with E-state index in [1.807, 2.05) is 25.1 Å². The molecule has 7 rings (SSSR count). The van der Waals surface area contributed by atoms with Crippen molar-refractivity contribution in [2.24, 2.45) is 17.8 Å². The highest BCUT2D eigenvalue weighted by Crippen LogP contribution is 2.49. The number of carbonyl (C=O) groups is 1. The third-order valence-electron chi connectivity index (χ3n) is 12.9. The van der Waals surface area contributed by atoms with Gasteiger partial charge in [-0.05, 0) is 118 Å². The zero-order valence-corrected chi connectivity index (χ0v) is 33.4. The fourth-order valence-electron chi connectivity index (χ4n) is 9.25. The topological polar surface area (TPSA) is 80.3 Å². The Bertz CT molecular complexity index is 1890. The Morgan fingerprint density at radius 2 is 2.02 bits per heavy atom. The number of nitrogens with zero attached hydrogens (tertiary/aromatic N) is 2. The third-order valence-corrected chi connectivity index (χ3v) is 15.3. The van der Waals surface area contributed by atoms with Crippen molar-refractivity contribution in [2.45, 2.75) is 88.0 Å². The SMILES string of the molecule is C=S1(=O)NC(=O)c2ccc3c(c2)N(C[C@@H]2CC[C@H]2[C@@](C#CCCN2CCOC[C@@H]2C)(OC)/C=C/C[C@H](C)[C@H]1C)C[C@@]1(CCCc2cc(Cl)ccc21)CO3. The zero-order valence-electron chi connectivity index (χ0n) is 31.8. The Kier molecular flexibility index (Phi) is 11.3. The number of hydrogen-bond acceptors (Lipinski definition) is 7. The van der Waals surface area contributed by atoms with Gasteiger partial charge in [0.15, 0.2) is 0 Å². The van der Waals surface area contributed by atoms with Crippen molar-refractivity contribution in [1.82, 2.24) is 9.62 Å². The van der Waals surface area contributed by atoms with Gasteiger partial charge in [-0.3, -0.25) is 14.4 Å². The molecule has 0 radical (unpaired) electrons. The van der Waals surface area contributed by atoms with Crippen LogP contribution in [0.2, 0.25) is 5.02 Å². The molecular formula is C43H56ClN3O5S. The second kappa shape index (κ2) is 15.6. The standard InChI is InChI=1S/C43H56ClN3O5S/c1-30-10-8-20-43(50-4,19-6-7-21-46-22-23-51-27-31(46)2)38-15-12-35(38)26-47-28-42(18-9-11-33-24-36(44)14-16-37(33)42)29-52-40-17-13-34(25-39(40)47)41(48)45-53(5,49)32(30)3/h8,13-14,16-17,20,24-25,30-32,35,38H,5,7,9-12,15,18,21-23,26-29H2,1-4H3,(H,45,48,49)/b20-8+/t30-,31-,32+,35-,38+,42-,43-,53?/m0/s1. The van der Waals surface area contributed by atoms with Crippen LogP contribution < -0.4 is 14.4 Å². The number of methoxy groups -OCH3 is 1. The van der Waals surface area contributed by atoms with Crippen LogP contribution in [0.1, 0.15) is 80.8 Å². The maximum atomic E-state index is 14.0. The minimum atomic E-state index is -2.97. The van der Waals surface area contributed by atoms with Gasteiger partial charge in [-0.2, -0.15) is 0 Å². The van der Waals surface area contributed by atoms with Crippen molar-refractivity contribution in [3.63, 3.8) is 0 Å². The fourth-order valence-corrected chi connectivity index (χ4v) is 10.9. The van der Waals surface area contributed by atoms with E-state index >= 15 is 0 Å². The number of benzene rings is 2. The molecule has 2 bridgehead atoms. The second-order valence-electron chi connectivity index (χ2n) is 16.2. The van der Waals surface area contributed by atoms with E-state index in [1.165, 1.54) is 11.1 Å². The number of hydrogen-bond donors (Lipinski definition) is 1. The van der Waals surface area contributed by atoms with Crippen LogP contribution in [0.3, 0.4) is 0 Å². The summed E-state index contributed by atoms with van der Waals surface area (Å²) in [6.45, 7) is 11.6. The monoisotopic (exact) mass is 761 g/mol. The van der Waals surface area contributed by atoms with Crippen molar-refractivity contribution >= 4 is 38.8 Å². The van der Waals surface area contributed by atoms with Crippen LogP contribution in [0, 0.1) is 29.6 Å². The number of rotatable bonds is 3. The van der Waals surface area contributed by atoms with E-state index in [4.69, 9.17) is 25.8 Å². The fraction of sp³-hybridized carbons (Fsp3) is 0.581. The molecule has 8 nitrogen and oxygen atoms in total. The quantitative estimate of drug-likeness (QED) is 0.212. The minimum absolute atomic E-state index is 0.00709. The third kappa shape index (κ3) is 7.77. The highest BCUT2D eigenvalue weighted by atomic mass is 35.5. The molecule has 53 heavy (non-hydrogen) atoms. The van der Waals surface area contributed by atoms with Crippen molar-refractivity contribution in [1.29, 1.82) is 0 Å². The molecule has 1 saturated carbocycles. The molecule has 2 fully saturated rings. The summed E-state index contributed by atoms with van der Waals surface area (Å²) < 4.78 is 35.7. The van der Waals surface area contributed by atoms with E-state index in [2.05, 4.69) is 70.4 Å². The van der Waals surface area contributed by atoms with Crippen LogP contribution in [0.5, 0.6) is 5.75 Å². The van der Waals surface area contributed by atoms with Gasteiger partial charge in [0.2, 0.25) is 0 Å². The molecule has 0 aromatic heterocycles.